The zero-order valence-corrected chi connectivity index (χ0v) is 17.9. The van der Waals surface area contributed by atoms with Crippen molar-refractivity contribution in [1.82, 2.24) is 15.1 Å². The van der Waals surface area contributed by atoms with E-state index in [1.54, 1.807) is 30.0 Å². The van der Waals surface area contributed by atoms with Crippen LogP contribution in [0.3, 0.4) is 0 Å². The number of hydrogen-bond acceptors (Lipinski definition) is 4. The highest BCUT2D eigenvalue weighted by Gasteiger charge is 2.45. The molecule has 6 nitrogen and oxygen atoms in total. The minimum absolute atomic E-state index is 0.186. The Balaban J connectivity index is 1.82. The molecule has 1 aliphatic heterocycles. The fourth-order valence-electron chi connectivity index (χ4n) is 4.14. The molecule has 0 unspecified atom stereocenters. The molecule has 1 aromatic carbocycles. The average molecular weight is 416 g/mol. The summed E-state index contributed by atoms with van der Waals surface area (Å²) in [5.41, 5.74) is 1.29. The molecule has 0 saturated carbocycles. The van der Waals surface area contributed by atoms with Crippen LogP contribution in [0.4, 0.5) is 4.39 Å². The molecule has 1 aliphatic rings. The van der Waals surface area contributed by atoms with Crippen LogP contribution in [0.15, 0.2) is 30.3 Å². The van der Waals surface area contributed by atoms with E-state index >= 15 is 0 Å². The summed E-state index contributed by atoms with van der Waals surface area (Å²) in [6.45, 7) is 7.08. The number of piperidine rings is 1. The van der Waals surface area contributed by atoms with E-state index in [1.165, 1.54) is 12.1 Å². The number of ether oxygens (including phenoxy) is 1. The van der Waals surface area contributed by atoms with Gasteiger partial charge >= 0.3 is 5.97 Å². The molecule has 162 valence electrons. The first-order valence-electron chi connectivity index (χ1n) is 10.6. The van der Waals surface area contributed by atoms with Crippen molar-refractivity contribution in [2.75, 3.05) is 19.7 Å². The van der Waals surface area contributed by atoms with Crippen molar-refractivity contribution in [3.05, 3.63) is 53.1 Å². The van der Waals surface area contributed by atoms with E-state index in [9.17, 15) is 14.0 Å². The number of hydrogen-bond donors (Lipinski definition) is 1. The van der Waals surface area contributed by atoms with E-state index in [4.69, 9.17) is 4.74 Å². The Morgan fingerprint density at radius 2 is 2.03 bits per heavy atom. The normalized spacial score (nSPS) is 19.2. The van der Waals surface area contributed by atoms with Gasteiger partial charge in [0.2, 0.25) is 0 Å². The molecule has 2 aromatic rings. The highest BCUT2D eigenvalue weighted by Crippen LogP contribution is 2.36. The molecule has 1 aromatic heterocycles. The predicted molar refractivity (Wildman–Crippen MR) is 111 cm³/mol. The van der Waals surface area contributed by atoms with Crippen LogP contribution in [0.1, 0.15) is 55.4 Å². The fraction of sp³-hybridized carbons (Fsp3) is 0.522. The second kappa shape index (κ2) is 9.41. The lowest BCUT2D eigenvalue weighted by molar-refractivity contribution is -0.158. The second-order valence-corrected chi connectivity index (χ2v) is 8.51. The topological polar surface area (TPSA) is 75.3 Å². The molecule has 7 heteroatoms. The number of benzene rings is 1. The molecule has 1 atom stereocenters. The number of amides is 1. The Morgan fingerprint density at radius 1 is 1.30 bits per heavy atom. The van der Waals surface area contributed by atoms with Crippen molar-refractivity contribution in [1.29, 1.82) is 0 Å². The first-order valence-corrected chi connectivity index (χ1v) is 10.6. The third-order valence-corrected chi connectivity index (χ3v) is 5.51. The van der Waals surface area contributed by atoms with Gasteiger partial charge in [0.25, 0.3) is 5.91 Å². The van der Waals surface area contributed by atoms with Crippen molar-refractivity contribution in [3.8, 4) is 0 Å². The number of nitrogens with zero attached hydrogens (tertiary/aromatic N) is 2. The largest absolute Gasteiger partial charge is 0.466 e. The molecule has 30 heavy (non-hydrogen) atoms. The maximum Gasteiger partial charge on any atom is 0.314 e. The summed E-state index contributed by atoms with van der Waals surface area (Å²) in [7, 11) is 0. The first-order chi connectivity index (χ1) is 14.3. The number of aromatic nitrogens is 2. The first kappa shape index (κ1) is 22.0. The molecular formula is C23H30FN3O3. The Hall–Kier alpha value is -2.70. The summed E-state index contributed by atoms with van der Waals surface area (Å²) in [5.74, 6) is -0.362. The molecule has 2 heterocycles. The van der Waals surface area contributed by atoms with Crippen LogP contribution in [0.25, 0.3) is 0 Å². The highest BCUT2D eigenvalue weighted by atomic mass is 19.1. The van der Waals surface area contributed by atoms with Crippen molar-refractivity contribution in [2.24, 2.45) is 11.3 Å². The number of rotatable bonds is 7. The van der Waals surface area contributed by atoms with Crippen LogP contribution in [0.5, 0.6) is 0 Å². The fourth-order valence-corrected chi connectivity index (χ4v) is 4.14. The standard InChI is InChI=1S/C23H30FN3O3/c1-4-30-22(29)23(14-17-6-8-18(24)9-7-17)10-5-11-27(15-23)21(28)20-13-19(25-26-20)12-16(2)3/h6-9,13,16H,4-5,10-12,14-15H2,1-3H3,(H,25,26)/t23-/m1/s1. The van der Waals surface area contributed by atoms with Gasteiger partial charge < -0.3 is 9.64 Å². The third-order valence-electron chi connectivity index (χ3n) is 5.51. The molecule has 1 N–H and O–H groups in total. The van der Waals surface area contributed by atoms with Gasteiger partial charge in [0, 0.05) is 18.8 Å². The Bertz CT molecular complexity index is 878. The zero-order chi connectivity index (χ0) is 21.7. The summed E-state index contributed by atoms with van der Waals surface area (Å²) < 4.78 is 18.7. The van der Waals surface area contributed by atoms with Crippen LogP contribution in [0, 0.1) is 17.2 Å². The maximum absolute atomic E-state index is 13.3. The van der Waals surface area contributed by atoms with E-state index in [0.29, 0.717) is 37.4 Å². The number of carbonyl (C=O) groups excluding carboxylic acids is 2. The van der Waals surface area contributed by atoms with E-state index in [-0.39, 0.29) is 30.8 Å². The Morgan fingerprint density at radius 3 is 2.70 bits per heavy atom. The second-order valence-electron chi connectivity index (χ2n) is 8.51. The number of H-pyrrole nitrogens is 1. The number of carbonyl (C=O) groups is 2. The van der Waals surface area contributed by atoms with Gasteiger partial charge in [0.05, 0.1) is 12.0 Å². The lowest BCUT2D eigenvalue weighted by Gasteiger charge is -2.40. The summed E-state index contributed by atoms with van der Waals surface area (Å²) in [4.78, 5) is 27.8. The van der Waals surface area contributed by atoms with Gasteiger partial charge in [-0.25, -0.2) is 4.39 Å². The van der Waals surface area contributed by atoms with Gasteiger partial charge in [-0.15, -0.1) is 0 Å². The van der Waals surface area contributed by atoms with Crippen LogP contribution in [-0.4, -0.2) is 46.7 Å². The summed E-state index contributed by atoms with van der Waals surface area (Å²) in [6.07, 6.45) is 2.52. The molecule has 1 amide bonds. The van der Waals surface area contributed by atoms with Crippen LogP contribution < -0.4 is 0 Å². The summed E-state index contributed by atoms with van der Waals surface area (Å²) >= 11 is 0. The van der Waals surface area contributed by atoms with E-state index in [1.807, 2.05) is 0 Å². The maximum atomic E-state index is 13.3. The van der Waals surface area contributed by atoms with Crippen molar-refractivity contribution in [3.63, 3.8) is 0 Å². The third kappa shape index (κ3) is 5.07. The van der Waals surface area contributed by atoms with Gasteiger partial charge in [0.1, 0.15) is 11.5 Å². The van der Waals surface area contributed by atoms with Gasteiger partial charge in [-0.2, -0.15) is 5.10 Å². The van der Waals surface area contributed by atoms with Gasteiger partial charge in [-0.1, -0.05) is 26.0 Å². The molecule has 0 aliphatic carbocycles. The Labute approximate surface area is 176 Å². The molecule has 0 radical (unpaired) electrons. The zero-order valence-electron chi connectivity index (χ0n) is 17.9. The lowest BCUT2D eigenvalue weighted by Crippen LogP contribution is -2.51. The van der Waals surface area contributed by atoms with Crippen molar-refractivity contribution < 1.29 is 18.7 Å². The number of aromatic amines is 1. The van der Waals surface area contributed by atoms with Crippen molar-refractivity contribution >= 4 is 11.9 Å². The van der Waals surface area contributed by atoms with Gasteiger partial charge in [0.15, 0.2) is 0 Å². The SMILES string of the molecule is CCOC(=O)[C@@]1(Cc2ccc(F)cc2)CCCN(C(=O)c2cc(CC(C)C)[nH]n2)C1. The van der Waals surface area contributed by atoms with Crippen molar-refractivity contribution in [2.45, 2.75) is 46.5 Å². The number of likely N-dealkylation sites (tertiary alicyclic amines) is 1. The van der Waals surface area contributed by atoms with Crippen LogP contribution in [0.2, 0.25) is 0 Å². The summed E-state index contributed by atoms with van der Waals surface area (Å²) in [5, 5.41) is 7.13. The average Bonchev–Trinajstić information content (AvgIpc) is 3.17. The molecule has 0 spiro atoms. The smallest absolute Gasteiger partial charge is 0.314 e. The number of esters is 1. The highest BCUT2D eigenvalue weighted by molar-refractivity contribution is 5.93. The minimum Gasteiger partial charge on any atom is -0.466 e. The number of nitrogens with one attached hydrogen (secondary N) is 1. The molecular weight excluding hydrogens is 385 g/mol. The van der Waals surface area contributed by atoms with E-state index in [0.717, 1.165) is 17.7 Å². The monoisotopic (exact) mass is 415 g/mol. The molecule has 3 rings (SSSR count). The summed E-state index contributed by atoms with van der Waals surface area (Å²) in [6, 6.07) is 7.94. The van der Waals surface area contributed by atoms with Gasteiger partial charge in [-0.3, -0.25) is 14.7 Å². The number of halogens is 1. The predicted octanol–water partition coefficient (Wildman–Crippen LogP) is 3.78. The van der Waals surface area contributed by atoms with E-state index in [2.05, 4.69) is 24.0 Å². The van der Waals surface area contributed by atoms with E-state index < -0.39 is 5.41 Å². The Kier molecular flexibility index (Phi) is 6.90. The minimum atomic E-state index is -0.848. The van der Waals surface area contributed by atoms with Crippen LogP contribution in [-0.2, 0) is 22.4 Å². The van der Waals surface area contributed by atoms with Gasteiger partial charge in [-0.05, 0) is 62.3 Å². The quantitative estimate of drug-likeness (QED) is 0.699. The molecule has 1 fully saturated rings. The van der Waals surface area contributed by atoms with Crippen LogP contribution >= 0.6 is 0 Å². The lowest BCUT2D eigenvalue weighted by atomic mass is 9.75. The molecule has 1 saturated heterocycles. The molecule has 0 bridgehead atoms.